The van der Waals surface area contributed by atoms with Crippen LogP contribution in [-0.4, -0.2) is 31.8 Å². The first kappa shape index (κ1) is 20.2. The molecule has 0 aliphatic rings. The number of ether oxygens (including phenoxy) is 2. The normalized spacial score (nSPS) is 10.6. The zero-order valence-electron chi connectivity index (χ0n) is 13.5. The summed E-state index contributed by atoms with van der Waals surface area (Å²) in [6.07, 6.45) is 1.43. The molecule has 0 radical (unpaired) electrons. The molecule has 0 spiro atoms. The highest BCUT2D eigenvalue weighted by molar-refractivity contribution is 9.10. The number of hydrogen-bond acceptors (Lipinski definition) is 5. The van der Waals surface area contributed by atoms with Crippen LogP contribution in [0, 0.1) is 0 Å². The monoisotopic (exact) mass is 458 g/mol. The van der Waals surface area contributed by atoms with Crippen molar-refractivity contribution in [1.29, 1.82) is 0 Å². The van der Waals surface area contributed by atoms with Gasteiger partial charge in [-0.15, -0.1) is 0 Å². The van der Waals surface area contributed by atoms with Gasteiger partial charge in [0.25, 0.3) is 5.91 Å². The van der Waals surface area contributed by atoms with Crippen molar-refractivity contribution < 1.29 is 19.1 Å². The molecule has 0 heterocycles. The van der Waals surface area contributed by atoms with E-state index in [4.69, 9.17) is 27.9 Å². The summed E-state index contributed by atoms with van der Waals surface area (Å²) in [6, 6.07) is 9.67. The number of amides is 1. The highest BCUT2D eigenvalue weighted by Crippen LogP contribution is 2.34. The van der Waals surface area contributed by atoms with Crippen LogP contribution in [-0.2, 0) is 9.53 Å². The predicted molar refractivity (Wildman–Crippen MR) is 103 cm³/mol. The van der Waals surface area contributed by atoms with Crippen molar-refractivity contribution in [2.45, 2.75) is 0 Å². The first-order chi connectivity index (χ1) is 12.4. The average molecular weight is 460 g/mol. The number of esters is 1. The molecule has 9 heteroatoms. The van der Waals surface area contributed by atoms with Crippen LogP contribution < -0.4 is 10.2 Å². The number of halogens is 3. The van der Waals surface area contributed by atoms with Crippen molar-refractivity contribution in [3.63, 3.8) is 0 Å². The summed E-state index contributed by atoms with van der Waals surface area (Å²) >= 11 is 15.2. The van der Waals surface area contributed by atoms with Gasteiger partial charge in [-0.2, -0.15) is 5.10 Å². The SMILES string of the molecule is COC(=O)COc1c(Cl)cc(/C=N\NC(=O)c2ccc(Cl)cc2)cc1Br. The number of hydrazone groups is 1. The van der Waals surface area contributed by atoms with Crippen LogP contribution in [0.1, 0.15) is 15.9 Å². The maximum atomic E-state index is 11.9. The third kappa shape index (κ3) is 5.72. The molecule has 2 aromatic carbocycles. The second-order valence-corrected chi connectivity index (χ2v) is 6.58. The molecule has 136 valence electrons. The van der Waals surface area contributed by atoms with Crippen LogP contribution in [0.5, 0.6) is 5.75 Å². The van der Waals surface area contributed by atoms with Crippen LogP contribution in [0.3, 0.4) is 0 Å². The van der Waals surface area contributed by atoms with Gasteiger partial charge in [0.1, 0.15) is 0 Å². The second-order valence-electron chi connectivity index (χ2n) is 4.88. The molecule has 0 unspecified atom stereocenters. The van der Waals surface area contributed by atoms with E-state index in [1.807, 2.05) is 0 Å². The quantitative estimate of drug-likeness (QED) is 0.401. The van der Waals surface area contributed by atoms with Crippen molar-refractivity contribution in [3.05, 3.63) is 62.0 Å². The molecule has 0 saturated carbocycles. The fourth-order valence-corrected chi connectivity index (χ4v) is 2.93. The van der Waals surface area contributed by atoms with E-state index >= 15 is 0 Å². The van der Waals surface area contributed by atoms with Crippen LogP contribution in [0.15, 0.2) is 46.0 Å². The van der Waals surface area contributed by atoms with E-state index in [1.54, 1.807) is 36.4 Å². The largest absolute Gasteiger partial charge is 0.479 e. The van der Waals surface area contributed by atoms with E-state index in [0.29, 0.717) is 26.4 Å². The van der Waals surface area contributed by atoms with Crippen LogP contribution in [0.2, 0.25) is 10.0 Å². The number of nitrogens with one attached hydrogen (secondary N) is 1. The number of carbonyl (C=O) groups excluding carboxylic acids is 2. The Bertz CT molecular complexity index is 818. The van der Waals surface area contributed by atoms with Gasteiger partial charge in [-0.05, 0) is 57.9 Å². The molecule has 0 saturated heterocycles. The first-order valence-corrected chi connectivity index (χ1v) is 8.73. The Morgan fingerprint density at radius 2 is 1.92 bits per heavy atom. The molecular weight excluding hydrogens is 447 g/mol. The Kier molecular flexibility index (Phi) is 7.44. The summed E-state index contributed by atoms with van der Waals surface area (Å²) < 4.78 is 10.3. The minimum Gasteiger partial charge on any atom is -0.479 e. The van der Waals surface area contributed by atoms with Crippen LogP contribution in [0.25, 0.3) is 0 Å². The van der Waals surface area contributed by atoms with Crippen LogP contribution in [0.4, 0.5) is 0 Å². The lowest BCUT2D eigenvalue weighted by Gasteiger charge is -2.09. The molecule has 0 aliphatic heterocycles. The van der Waals surface area contributed by atoms with Gasteiger partial charge in [-0.1, -0.05) is 23.2 Å². The summed E-state index contributed by atoms with van der Waals surface area (Å²) in [4.78, 5) is 23.1. The van der Waals surface area contributed by atoms with Crippen LogP contribution >= 0.6 is 39.1 Å². The van der Waals surface area contributed by atoms with Crippen molar-refractivity contribution in [2.24, 2.45) is 5.10 Å². The Labute approximate surface area is 168 Å². The summed E-state index contributed by atoms with van der Waals surface area (Å²) in [7, 11) is 1.26. The molecule has 2 rings (SSSR count). The maximum Gasteiger partial charge on any atom is 0.343 e. The molecule has 0 atom stereocenters. The lowest BCUT2D eigenvalue weighted by atomic mass is 10.2. The van der Waals surface area contributed by atoms with Gasteiger partial charge in [-0.25, -0.2) is 10.2 Å². The predicted octanol–water partition coefficient (Wildman–Crippen LogP) is 4.07. The maximum absolute atomic E-state index is 11.9. The van der Waals surface area contributed by atoms with Gasteiger partial charge in [-0.3, -0.25) is 4.79 Å². The van der Waals surface area contributed by atoms with E-state index in [9.17, 15) is 9.59 Å². The zero-order chi connectivity index (χ0) is 19.1. The minimum atomic E-state index is -0.525. The Morgan fingerprint density at radius 1 is 1.23 bits per heavy atom. The summed E-state index contributed by atoms with van der Waals surface area (Å²) in [5.74, 6) is -0.593. The van der Waals surface area contributed by atoms with E-state index in [2.05, 4.69) is 31.2 Å². The van der Waals surface area contributed by atoms with E-state index in [1.165, 1.54) is 13.3 Å². The number of methoxy groups -OCH3 is 1. The van der Waals surface area contributed by atoms with Crippen molar-refractivity contribution in [2.75, 3.05) is 13.7 Å². The number of nitrogens with zero attached hydrogens (tertiary/aromatic N) is 1. The minimum absolute atomic E-state index is 0.264. The van der Waals surface area contributed by atoms with Gasteiger partial charge >= 0.3 is 5.97 Å². The highest BCUT2D eigenvalue weighted by Gasteiger charge is 2.11. The van der Waals surface area contributed by atoms with Crippen molar-refractivity contribution >= 4 is 57.2 Å². The summed E-state index contributed by atoms with van der Waals surface area (Å²) in [6.45, 7) is -0.264. The Hall–Kier alpha value is -2.09. The molecule has 0 aliphatic carbocycles. The number of hydrogen-bond donors (Lipinski definition) is 1. The van der Waals surface area contributed by atoms with Gasteiger partial charge in [0.2, 0.25) is 0 Å². The topological polar surface area (TPSA) is 77.0 Å². The Balaban J connectivity index is 2.02. The standard InChI is InChI=1S/C17H13BrCl2N2O4/c1-25-15(23)9-26-16-13(18)6-10(7-14(16)20)8-21-22-17(24)11-2-4-12(19)5-3-11/h2-8H,9H2,1H3,(H,22,24)/b21-8-. The third-order valence-corrected chi connectivity index (χ3v) is 4.19. The number of rotatable bonds is 6. The van der Waals surface area contributed by atoms with E-state index in [-0.39, 0.29) is 17.5 Å². The summed E-state index contributed by atoms with van der Waals surface area (Å²) in [5.41, 5.74) is 3.45. The fourth-order valence-electron chi connectivity index (χ4n) is 1.81. The molecule has 26 heavy (non-hydrogen) atoms. The first-order valence-electron chi connectivity index (χ1n) is 7.18. The Morgan fingerprint density at radius 3 is 2.54 bits per heavy atom. The van der Waals surface area contributed by atoms with E-state index < -0.39 is 5.97 Å². The van der Waals surface area contributed by atoms with Gasteiger partial charge < -0.3 is 9.47 Å². The zero-order valence-corrected chi connectivity index (χ0v) is 16.6. The van der Waals surface area contributed by atoms with Gasteiger partial charge in [0.15, 0.2) is 12.4 Å². The third-order valence-electron chi connectivity index (χ3n) is 3.07. The number of benzene rings is 2. The van der Waals surface area contributed by atoms with Gasteiger partial charge in [0.05, 0.1) is 22.8 Å². The summed E-state index contributed by atoms with van der Waals surface area (Å²) in [5, 5.41) is 4.70. The van der Waals surface area contributed by atoms with Gasteiger partial charge in [0, 0.05) is 10.6 Å². The molecule has 0 bridgehead atoms. The average Bonchev–Trinajstić information content (AvgIpc) is 2.61. The lowest BCUT2D eigenvalue weighted by molar-refractivity contribution is -0.142. The second kappa shape index (κ2) is 9.56. The highest BCUT2D eigenvalue weighted by atomic mass is 79.9. The van der Waals surface area contributed by atoms with E-state index in [0.717, 1.165) is 0 Å². The van der Waals surface area contributed by atoms with Crippen molar-refractivity contribution in [1.82, 2.24) is 5.43 Å². The lowest BCUT2D eigenvalue weighted by Crippen LogP contribution is -2.17. The molecular formula is C17H13BrCl2N2O4. The molecule has 0 aromatic heterocycles. The number of carbonyl (C=O) groups is 2. The fraction of sp³-hybridized carbons (Fsp3) is 0.118. The molecule has 2 aromatic rings. The molecule has 1 N–H and O–H groups in total. The smallest absolute Gasteiger partial charge is 0.343 e. The molecule has 0 fully saturated rings. The molecule has 6 nitrogen and oxygen atoms in total. The van der Waals surface area contributed by atoms with Crippen molar-refractivity contribution in [3.8, 4) is 5.75 Å². The molecule has 1 amide bonds.